The molecule has 3 heteroatoms. The monoisotopic (exact) mass is 270 g/mol. The second-order valence-electron chi connectivity index (χ2n) is 5.06. The summed E-state index contributed by atoms with van der Waals surface area (Å²) in [6, 6.07) is 14.0. The van der Waals surface area contributed by atoms with Crippen LogP contribution in [0.25, 0.3) is 0 Å². The zero-order valence-corrected chi connectivity index (χ0v) is 11.5. The van der Waals surface area contributed by atoms with Crippen LogP contribution < -0.4 is 9.47 Å². The number of rotatable bonds is 4. The molecule has 3 nitrogen and oxygen atoms in total. The van der Waals surface area contributed by atoms with Gasteiger partial charge in [-0.25, -0.2) is 0 Å². The summed E-state index contributed by atoms with van der Waals surface area (Å²) in [5.41, 5.74) is 3.54. The van der Waals surface area contributed by atoms with Crippen LogP contribution in [-0.4, -0.2) is 18.3 Å². The average molecular weight is 270 g/mol. The number of methoxy groups -OCH3 is 1. The van der Waals surface area contributed by atoms with Crippen LogP contribution in [0.4, 0.5) is 0 Å². The smallest absolute Gasteiger partial charge is 0.161 e. The van der Waals surface area contributed by atoms with Crippen molar-refractivity contribution < 1.29 is 14.6 Å². The van der Waals surface area contributed by atoms with Crippen molar-refractivity contribution >= 4 is 0 Å². The molecular formula is C17H18O3. The van der Waals surface area contributed by atoms with Gasteiger partial charge in [-0.2, -0.15) is 0 Å². The lowest BCUT2D eigenvalue weighted by atomic mass is 10.1. The first kappa shape index (κ1) is 13.0. The highest BCUT2D eigenvalue weighted by molar-refractivity contribution is 5.43. The Kier molecular flexibility index (Phi) is 3.61. The van der Waals surface area contributed by atoms with E-state index < -0.39 is 0 Å². The molecule has 2 aromatic carbocycles. The van der Waals surface area contributed by atoms with E-state index >= 15 is 0 Å². The standard InChI is InChI=1S/C17H18O3/c1-19-16-7-6-12(11-18)8-17(16)20-15-9-13-4-2-3-5-14(13)10-15/h2-8,15,18H,9-11H2,1H3. The van der Waals surface area contributed by atoms with E-state index in [1.54, 1.807) is 7.11 Å². The van der Waals surface area contributed by atoms with Gasteiger partial charge < -0.3 is 14.6 Å². The molecule has 1 N–H and O–H groups in total. The van der Waals surface area contributed by atoms with E-state index in [-0.39, 0.29) is 12.7 Å². The van der Waals surface area contributed by atoms with E-state index in [1.165, 1.54) is 11.1 Å². The molecule has 20 heavy (non-hydrogen) atoms. The maximum Gasteiger partial charge on any atom is 0.161 e. The summed E-state index contributed by atoms with van der Waals surface area (Å²) in [5, 5.41) is 9.23. The first-order valence-corrected chi connectivity index (χ1v) is 6.81. The second kappa shape index (κ2) is 5.55. The van der Waals surface area contributed by atoms with Gasteiger partial charge in [0.1, 0.15) is 6.10 Å². The molecule has 1 aliphatic rings. The average Bonchev–Trinajstić information content (AvgIpc) is 2.89. The van der Waals surface area contributed by atoms with Crippen LogP contribution >= 0.6 is 0 Å². The summed E-state index contributed by atoms with van der Waals surface area (Å²) in [6.45, 7) is 0.00520. The third-order valence-electron chi connectivity index (χ3n) is 3.72. The molecule has 0 atom stereocenters. The molecule has 0 bridgehead atoms. The van der Waals surface area contributed by atoms with Crippen LogP contribution in [0.15, 0.2) is 42.5 Å². The first-order valence-electron chi connectivity index (χ1n) is 6.81. The summed E-state index contributed by atoms with van der Waals surface area (Å²) in [7, 11) is 1.63. The van der Waals surface area contributed by atoms with Gasteiger partial charge in [-0.15, -0.1) is 0 Å². The highest BCUT2D eigenvalue weighted by Crippen LogP contribution is 2.32. The van der Waals surface area contributed by atoms with Crippen molar-refractivity contribution in [1.82, 2.24) is 0 Å². The predicted octanol–water partition coefficient (Wildman–Crippen LogP) is 2.73. The van der Waals surface area contributed by atoms with Gasteiger partial charge in [0, 0.05) is 12.8 Å². The fourth-order valence-electron chi connectivity index (χ4n) is 2.69. The minimum absolute atomic E-state index is 0.00520. The molecule has 0 aliphatic heterocycles. The summed E-state index contributed by atoms with van der Waals surface area (Å²) in [6.07, 6.45) is 1.97. The molecule has 0 fully saturated rings. The lowest BCUT2D eigenvalue weighted by molar-refractivity contribution is 0.203. The first-order chi connectivity index (χ1) is 9.80. The molecule has 0 amide bonds. The van der Waals surface area contributed by atoms with Crippen molar-refractivity contribution in [3.63, 3.8) is 0 Å². The van der Waals surface area contributed by atoms with Crippen molar-refractivity contribution in [2.24, 2.45) is 0 Å². The highest BCUT2D eigenvalue weighted by atomic mass is 16.5. The summed E-state index contributed by atoms with van der Waals surface area (Å²) < 4.78 is 11.4. The van der Waals surface area contributed by atoms with Crippen molar-refractivity contribution in [2.45, 2.75) is 25.6 Å². The number of hydrogen-bond donors (Lipinski definition) is 1. The number of fused-ring (bicyclic) bond motifs is 1. The van der Waals surface area contributed by atoms with Gasteiger partial charge in [0.2, 0.25) is 0 Å². The van der Waals surface area contributed by atoms with E-state index in [0.29, 0.717) is 11.5 Å². The highest BCUT2D eigenvalue weighted by Gasteiger charge is 2.23. The Morgan fingerprint density at radius 1 is 1.05 bits per heavy atom. The van der Waals surface area contributed by atoms with E-state index in [9.17, 15) is 5.11 Å². The number of aliphatic hydroxyl groups is 1. The van der Waals surface area contributed by atoms with Crippen LogP contribution in [0.1, 0.15) is 16.7 Å². The summed E-state index contributed by atoms with van der Waals surface area (Å²) in [5.74, 6) is 1.41. The van der Waals surface area contributed by atoms with Crippen LogP contribution in [0, 0.1) is 0 Å². The lowest BCUT2D eigenvalue weighted by Crippen LogP contribution is -2.16. The predicted molar refractivity (Wildman–Crippen MR) is 77.2 cm³/mol. The molecule has 0 saturated heterocycles. The molecule has 0 spiro atoms. The van der Waals surface area contributed by atoms with Crippen molar-refractivity contribution in [3.05, 3.63) is 59.2 Å². The fourth-order valence-corrected chi connectivity index (χ4v) is 2.69. The Hall–Kier alpha value is -2.00. The van der Waals surface area contributed by atoms with Gasteiger partial charge in [-0.1, -0.05) is 30.3 Å². The molecule has 0 saturated carbocycles. The van der Waals surface area contributed by atoms with Gasteiger partial charge in [-0.3, -0.25) is 0 Å². The van der Waals surface area contributed by atoms with Gasteiger partial charge in [0.05, 0.1) is 13.7 Å². The molecule has 0 heterocycles. The Labute approximate surface area is 118 Å². The van der Waals surface area contributed by atoms with E-state index in [4.69, 9.17) is 9.47 Å². The van der Waals surface area contributed by atoms with Gasteiger partial charge in [0.15, 0.2) is 11.5 Å². The quantitative estimate of drug-likeness (QED) is 0.928. The largest absolute Gasteiger partial charge is 0.493 e. The maximum atomic E-state index is 9.23. The normalized spacial score (nSPS) is 14.1. The number of benzene rings is 2. The molecular weight excluding hydrogens is 252 g/mol. The Morgan fingerprint density at radius 2 is 1.75 bits per heavy atom. The topological polar surface area (TPSA) is 38.7 Å². The molecule has 3 rings (SSSR count). The molecule has 0 unspecified atom stereocenters. The Morgan fingerprint density at radius 3 is 2.35 bits per heavy atom. The molecule has 0 aromatic heterocycles. The van der Waals surface area contributed by atoms with E-state index in [1.807, 2.05) is 18.2 Å². The second-order valence-corrected chi connectivity index (χ2v) is 5.06. The molecule has 2 aromatic rings. The Bertz CT molecular complexity index is 582. The van der Waals surface area contributed by atoms with Gasteiger partial charge in [-0.05, 0) is 28.8 Å². The summed E-state index contributed by atoms with van der Waals surface area (Å²) in [4.78, 5) is 0. The molecule has 1 aliphatic carbocycles. The number of aliphatic hydroxyl groups excluding tert-OH is 1. The van der Waals surface area contributed by atoms with E-state index in [2.05, 4.69) is 24.3 Å². The minimum atomic E-state index is 0.00520. The molecule has 0 radical (unpaired) electrons. The maximum absolute atomic E-state index is 9.23. The van der Waals surface area contributed by atoms with E-state index in [0.717, 1.165) is 18.4 Å². The summed E-state index contributed by atoms with van der Waals surface area (Å²) >= 11 is 0. The number of ether oxygens (including phenoxy) is 2. The van der Waals surface area contributed by atoms with Crippen molar-refractivity contribution in [3.8, 4) is 11.5 Å². The van der Waals surface area contributed by atoms with Crippen LogP contribution in [0.5, 0.6) is 11.5 Å². The molecule has 104 valence electrons. The zero-order chi connectivity index (χ0) is 13.9. The SMILES string of the molecule is COc1ccc(CO)cc1OC1Cc2ccccc2C1. The van der Waals surface area contributed by atoms with Gasteiger partial charge >= 0.3 is 0 Å². The lowest BCUT2D eigenvalue weighted by Gasteiger charge is -2.16. The van der Waals surface area contributed by atoms with Crippen molar-refractivity contribution in [1.29, 1.82) is 0 Å². The van der Waals surface area contributed by atoms with Gasteiger partial charge in [0.25, 0.3) is 0 Å². The van der Waals surface area contributed by atoms with Crippen LogP contribution in [-0.2, 0) is 19.4 Å². The van der Waals surface area contributed by atoms with Crippen LogP contribution in [0.3, 0.4) is 0 Å². The number of hydrogen-bond acceptors (Lipinski definition) is 3. The third-order valence-corrected chi connectivity index (χ3v) is 3.72. The van der Waals surface area contributed by atoms with Crippen LogP contribution in [0.2, 0.25) is 0 Å². The third kappa shape index (κ3) is 2.49. The Balaban J connectivity index is 1.79. The minimum Gasteiger partial charge on any atom is -0.493 e. The fraction of sp³-hybridized carbons (Fsp3) is 0.294. The van der Waals surface area contributed by atoms with Crippen molar-refractivity contribution in [2.75, 3.05) is 7.11 Å². The zero-order valence-electron chi connectivity index (χ0n) is 11.5.